The van der Waals surface area contributed by atoms with Gasteiger partial charge >= 0.3 is 6.09 Å². The molecule has 5 rings (SSSR count). The molecule has 1 amide bonds. The lowest BCUT2D eigenvalue weighted by molar-refractivity contribution is 0.0197. The highest BCUT2D eigenvalue weighted by Gasteiger charge is 2.29. The van der Waals surface area contributed by atoms with Crippen molar-refractivity contribution in [3.63, 3.8) is 0 Å². The first-order chi connectivity index (χ1) is 15.9. The van der Waals surface area contributed by atoms with Gasteiger partial charge in [0.15, 0.2) is 0 Å². The zero-order valence-corrected chi connectivity index (χ0v) is 19.7. The van der Waals surface area contributed by atoms with E-state index in [0.29, 0.717) is 12.5 Å². The summed E-state index contributed by atoms with van der Waals surface area (Å²) >= 11 is 0. The fourth-order valence-corrected chi connectivity index (χ4v) is 4.29. The highest BCUT2D eigenvalue weighted by Crippen LogP contribution is 2.32. The summed E-state index contributed by atoms with van der Waals surface area (Å²) in [6.45, 7) is 7.83. The fourth-order valence-electron chi connectivity index (χ4n) is 4.29. The molecule has 1 saturated carbocycles. The molecule has 2 aliphatic rings. The molecule has 1 saturated heterocycles. The number of ether oxygens (including phenoxy) is 2. The van der Waals surface area contributed by atoms with Crippen molar-refractivity contribution in [2.45, 2.75) is 58.0 Å². The van der Waals surface area contributed by atoms with Gasteiger partial charge < -0.3 is 14.4 Å². The number of hydrogen-bond acceptors (Lipinski definition) is 5. The maximum atomic E-state index is 12.6. The summed E-state index contributed by atoms with van der Waals surface area (Å²) in [6.07, 6.45) is 8.03. The lowest BCUT2D eigenvalue weighted by atomic mass is 9.94. The van der Waals surface area contributed by atoms with Crippen molar-refractivity contribution >= 4 is 11.6 Å². The second-order valence-electron chi connectivity index (χ2n) is 10.2. The smallest absolute Gasteiger partial charge is 0.410 e. The molecule has 4 heterocycles. The number of fused-ring (bicyclic) bond motifs is 1. The second kappa shape index (κ2) is 8.69. The molecule has 0 bridgehead atoms. The minimum Gasteiger partial charge on any atom is -0.493 e. The Morgan fingerprint density at radius 3 is 2.82 bits per heavy atom. The fraction of sp³-hybridized carbons (Fsp3) is 0.500. The molecule has 1 atom stereocenters. The van der Waals surface area contributed by atoms with Crippen LogP contribution in [0.25, 0.3) is 16.8 Å². The average Bonchev–Trinajstić information content (AvgIpc) is 3.54. The second-order valence-corrected chi connectivity index (χ2v) is 10.2. The van der Waals surface area contributed by atoms with Crippen molar-refractivity contribution in [1.29, 1.82) is 0 Å². The van der Waals surface area contributed by atoms with Gasteiger partial charge in [-0.15, -0.1) is 0 Å². The van der Waals surface area contributed by atoms with E-state index in [1.807, 2.05) is 66.8 Å². The van der Waals surface area contributed by atoms with Crippen molar-refractivity contribution < 1.29 is 14.3 Å². The van der Waals surface area contributed by atoms with E-state index in [2.05, 4.69) is 11.2 Å². The van der Waals surface area contributed by atoms with Crippen molar-refractivity contribution in [1.82, 2.24) is 19.5 Å². The number of carbonyl (C=O) groups is 1. The van der Waals surface area contributed by atoms with Gasteiger partial charge in [-0.05, 0) is 70.6 Å². The van der Waals surface area contributed by atoms with Crippen LogP contribution < -0.4 is 4.74 Å². The van der Waals surface area contributed by atoms with E-state index in [4.69, 9.17) is 14.5 Å². The maximum absolute atomic E-state index is 12.6. The van der Waals surface area contributed by atoms with Gasteiger partial charge in [-0.1, -0.05) is 6.07 Å². The minimum absolute atomic E-state index is 0.186. The van der Waals surface area contributed by atoms with Crippen molar-refractivity contribution in [3.8, 4) is 17.0 Å². The van der Waals surface area contributed by atoms with E-state index in [-0.39, 0.29) is 12.0 Å². The van der Waals surface area contributed by atoms with Crippen molar-refractivity contribution in [3.05, 3.63) is 48.4 Å². The van der Waals surface area contributed by atoms with Gasteiger partial charge in [0.1, 0.15) is 11.4 Å². The molecule has 3 aromatic rings. The number of aromatic nitrogens is 3. The Morgan fingerprint density at radius 1 is 1.18 bits per heavy atom. The van der Waals surface area contributed by atoms with Gasteiger partial charge in [-0.3, -0.25) is 4.98 Å². The van der Waals surface area contributed by atoms with Gasteiger partial charge in [0.2, 0.25) is 0 Å². The van der Waals surface area contributed by atoms with Crippen LogP contribution in [0.1, 0.15) is 58.1 Å². The number of amides is 1. The van der Waals surface area contributed by atoms with Crippen LogP contribution in [-0.4, -0.2) is 50.9 Å². The van der Waals surface area contributed by atoms with Crippen LogP contribution in [0.2, 0.25) is 0 Å². The number of hydrogen-bond donors (Lipinski definition) is 0. The summed E-state index contributed by atoms with van der Waals surface area (Å²) in [7, 11) is 0. The van der Waals surface area contributed by atoms with Gasteiger partial charge in [0.05, 0.1) is 24.0 Å². The van der Waals surface area contributed by atoms with E-state index in [1.54, 1.807) is 0 Å². The van der Waals surface area contributed by atoms with Crippen LogP contribution in [0.3, 0.4) is 0 Å². The Morgan fingerprint density at radius 2 is 2.03 bits per heavy atom. The van der Waals surface area contributed by atoms with Gasteiger partial charge in [-0.25, -0.2) is 9.31 Å². The molecular formula is C26H32N4O3. The first kappa shape index (κ1) is 21.7. The molecule has 0 N–H and O–H groups in total. The summed E-state index contributed by atoms with van der Waals surface area (Å²) < 4.78 is 13.4. The quantitative estimate of drug-likeness (QED) is 0.530. The lowest BCUT2D eigenvalue weighted by Crippen LogP contribution is -2.42. The number of pyridine rings is 2. The van der Waals surface area contributed by atoms with Crippen LogP contribution in [0.4, 0.5) is 4.79 Å². The lowest BCUT2D eigenvalue weighted by Gasteiger charge is -2.34. The molecule has 1 unspecified atom stereocenters. The summed E-state index contributed by atoms with van der Waals surface area (Å²) in [5.41, 5.74) is 3.35. The van der Waals surface area contributed by atoms with Gasteiger partial charge in [0, 0.05) is 42.5 Å². The molecule has 7 heteroatoms. The van der Waals surface area contributed by atoms with E-state index in [9.17, 15) is 4.79 Å². The first-order valence-electron chi connectivity index (χ1n) is 11.9. The Labute approximate surface area is 194 Å². The molecule has 0 radical (unpaired) electrons. The highest BCUT2D eigenvalue weighted by molar-refractivity contribution is 5.78. The van der Waals surface area contributed by atoms with E-state index < -0.39 is 5.60 Å². The number of rotatable bonds is 5. The van der Waals surface area contributed by atoms with Crippen molar-refractivity contribution in [2.24, 2.45) is 5.92 Å². The van der Waals surface area contributed by atoms with Gasteiger partial charge in [-0.2, -0.15) is 5.10 Å². The topological polar surface area (TPSA) is 69.0 Å². The zero-order valence-electron chi connectivity index (χ0n) is 19.7. The molecule has 174 valence electrons. The Bertz CT molecular complexity index is 1150. The monoisotopic (exact) mass is 448 g/mol. The molecule has 33 heavy (non-hydrogen) atoms. The molecule has 0 spiro atoms. The first-order valence-corrected chi connectivity index (χ1v) is 11.9. The van der Waals surface area contributed by atoms with Crippen LogP contribution in [-0.2, 0) is 4.74 Å². The Hall–Kier alpha value is -3.09. The van der Waals surface area contributed by atoms with Crippen LogP contribution in [0.5, 0.6) is 5.75 Å². The summed E-state index contributed by atoms with van der Waals surface area (Å²) in [4.78, 5) is 19.4. The standard InChI is InChI=1S/C26H32N4O3/c1-26(2,3)33-25(31)29-12-5-6-19(16-29)22-7-4-8-23(28-22)21-15-27-30-13-11-20(14-24(21)30)32-17-18-9-10-18/h4,7-8,11,13-15,18-19H,5-6,9-10,12,16-17H2,1-3H3. The number of nitrogens with zero attached hydrogens (tertiary/aromatic N) is 4. The van der Waals surface area contributed by atoms with E-state index in [1.165, 1.54) is 12.8 Å². The summed E-state index contributed by atoms with van der Waals surface area (Å²) in [5, 5.41) is 4.51. The molecular weight excluding hydrogens is 416 g/mol. The molecule has 7 nitrogen and oxygen atoms in total. The number of carbonyl (C=O) groups excluding carboxylic acids is 1. The third-order valence-electron chi connectivity index (χ3n) is 6.21. The molecule has 1 aliphatic heterocycles. The normalized spacial score (nSPS) is 19.0. The van der Waals surface area contributed by atoms with Crippen molar-refractivity contribution in [2.75, 3.05) is 19.7 Å². The highest BCUT2D eigenvalue weighted by atomic mass is 16.6. The molecule has 2 fully saturated rings. The third kappa shape index (κ3) is 5.13. The van der Waals surface area contributed by atoms with Crippen LogP contribution in [0.15, 0.2) is 42.7 Å². The predicted octanol–water partition coefficient (Wildman–Crippen LogP) is 5.30. The predicted molar refractivity (Wildman–Crippen MR) is 126 cm³/mol. The Kier molecular flexibility index (Phi) is 5.72. The maximum Gasteiger partial charge on any atom is 0.410 e. The van der Waals surface area contributed by atoms with Crippen LogP contribution >= 0.6 is 0 Å². The largest absolute Gasteiger partial charge is 0.493 e. The molecule has 0 aromatic carbocycles. The Balaban J connectivity index is 1.36. The summed E-state index contributed by atoms with van der Waals surface area (Å²) in [6, 6.07) is 10.1. The van der Waals surface area contributed by atoms with Gasteiger partial charge in [0.25, 0.3) is 0 Å². The average molecular weight is 449 g/mol. The third-order valence-corrected chi connectivity index (χ3v) is 6.21. The minimum atomic E-state index is -0.493. The van der Waals surface area contributed by atoms with E-state index in [0.717, 1.165) is 54.2 Å². The number of piperidine rings is 1. The van der Waals surface area contributed by atoms with E-state index >= 15 is 0 Å². The molecule has 3 aromatic heterocycles. The van der Waals surface area contributed by atoms with Crippen LogP contribution in [0, 0.1) is 5.92 Å². The summed E-state index contributed by atoms with van der Waals surface area (Å²) in [5.74, 6) is 1.76. The SMILES string of the molecule is CC(C)(C)OC(=O)N1CCCC(c2cccc(-c3cnn4ccc(OCC5CC5)cc34)n2)C1. The molecule has 1 aliphatic carbocycles. The number of likely N-dealkylation sites (tertiary alicyclic amines) is 1. The zero-order chi connectivity index (χ0) is 23.0.